The summed E-state index contributed by atoms with van der Waals surface area (Å²) in [4.78, 5) is 17.7. The number of aromatic nitrogens is 2. The lowest BCUT2D eigenvalue weighted by Gasteiger charge is -1.96. The highest BCUT2D eigenvalue weighted by atomic mass is 16.5. The Morgan fingerprint density at radius 3 is 3.06 bits per heavy atom. The zero-order chi connectivity index (χ0) is 11.5. The Bertz CT molecular complexity index is 519. The van der Waals surface area contributed by atoms with E-state index in [1.165, 1.54) is 0 Å². The molecule has 0 aliphatic heterocycles. The number of carboxylic acids is 1. The third-order valence-electron chi connectivity index (χ3n) is 2.23. The second-order valence-electron chi connectivity index (χ2n) is 3.54. The van der Waals surface area contributed by atoms with Crippen molar-refractivity contribution in [3.63, 3.8) is 0 Å². The molecule has 0 fully saturated rings. The van der Waals surface area contributed by atoms with E-state index in [-0.39, 0.29) is 13.2 Å². The Morgan fingerprint density at radius 1 is 1.56 bits per heavy atom. The first-order valence-electron chi connectivity index (χ1n) is 4.90. The van der Waals surface area contributed by atoms with Crippen molar-refractivity contribution in [3.8, 4) is 0 Å². The first kappa shape index (κ1) is 10.6. The molecular weight excluding hydrogens is 208 g/mol. The molecule has 1 aromatic carbocycles. The minimum absolute atomic E-state index is 0.181. The van der Waals surface area contributed by atoms with Gasteiger partial charge in [-0.2, -0.15) is 0 Å². The molecule has 0 aliphatic rings. The molecule has 0 saturated heterocycles. The molecular formula is C11H12N2O3. The number of hydrogen-bond acceptors (Lipinski definition) is 3. The molecule has 0 atom stereocenters. The highest BCUT2D eigenvalue weighted by Crippen LogP contribution is 2.15. The summed E-state index contributed by atoms with van der Waals surface area (Å²) >= 11 is 0. The van der Waals surface area contributed by atoms with Gasteiger partial charge in [-0.25, -0.2) is 9.78 Å². The Hall–Kier alpha value is -1.88. The number of ether oxygens (including phenoxy) is 1. The van der Waals surface area contributed by atoms with Gasteiger partial charge in [0.25, 0.3) is 0 Å². The highest BCUT2D eigenvalue weighted by molar-refractivity contribution is 5.78. The molecule has 1 aromatic heterocycles. The SMILES string of the molecule is Cc1cccc2[nH]c(COCC(=O)O)nc12. The van der Waals surface area contributed by atoms with Gasteiger partial charge in [0, 0.05) is 0 Å². The van der Waals surface area contributed by atoms with Gasteiger partial charge in [0.05, 0.1) is 11.0 Å². The molecule has 0 spiro atoms. The molecule has 16 heavy (non-hydrogen) atoms. The van der Waals surface area contributed by atoms with Gasteiger partial charge in [-0.05, 0) is 18.6 Å². The highest BCUT2D eigenvalue weighted by Gasteiger charge is 2.05. The Labute approximate surface area is 92.1 Å². The van der Waals surface area contributed by atoms with Crippen molar-refractivity contribution in [1.29, 1.82) is 0 Å². The lowest BCUT2D eigenvalue weighted by atomic mass is 10.2. The van der Waals surface area contributed by atoms with Crippen molar-refractivity contribution < 1.29 is 14.6 Å². The number of rotatable bonds is 4. The Kier molecular flexibility index (Phi) is 2.87. The van der Waals surface area contributed by atoms with Gasteiger partial charge in [-0.15, -0.1) is 0 Å². The third kappa shape index (κ3) is 2.20. The molecule has 2 rings (SSSR count). The number of carboxylic acid groups (broad SMARTS) is 1. The van der Waals surface area contributed by atoms with Crippen LogP contribution in [0.25, 0.3) is 11.0 Å². The fourth-order valence-electron chi connectivity index (χ4n) is 1.53. The van der Waals surface area contributed by atoms with Crippen LogP contribution < -0.4 is 0 Å². The van der Waals surface area contributed by atoms with Crippen LogP contribution in [0.5, 0.6) is 0 Å². The van der Waals surface area contributed by atoms with E-state index < -0.39 is 5.97 Å². The predicted molar refractivity (Wildman–Crippen MR) is 58.1 cm³/mol. The van der Waals surface area contributed by atoms with E-state index in [9.17, 15) is 4.79 Å². The number of para-hydroxylation sites is 1. The average Bonchev–Trinajstić information content (AvgIpc) is 2.61. The van der Waals surface area contributed by atoms with Crippen LogP contribution in [-0.2, 0) is 16.1 Å². The summed E-state index contributed by atoms with van der Waals surface area (Å²) < 4.78 is 4.96. The van der Waals surface area contributed by atoms with Crippen molar-refractivity contribution in [1.82, 2.24) is 9.97 Å². The molecule has 0 aliphatic carbocycles. The van der Waals surface area contributed by atoms with Crippen LogP contribution >= 0.6 is 0 Å². The van der Waals surface area contributed by atoms with Gasteiger partial charge < -0.3 is 14.8 Å². The van der Waals surface area contributed by atoms with Gasteiger partial charge >= 0.3 is 5.97 Å². The molecule has 0 amide bonds. The van der Waals surface area contributed by atoms with Gasteiger partial charge in [0.1, 0.15) is 19.0 Å². The summed E-state index contributed by atoms with van der Waals surface area (Å²) in [5.41, 5.74) is 2.92. The van der Waals surface area contributed by atoms with Crippen molar-refractivity contribution in [2.75, 3.05) is 6.61 Å². The van der Waals surface area contributed by atoms with E-state index in [0.29, 0.717) is 5.82 Å². The second-order valence-corrected chi connectivity index (χ2v) is 3.54. The fourth-order valence-corrected chi connectivity index (χ4v) is 1.53. The predicted octanol–water partition coefficient (Wildman–Crippen LogP) is 1.47. The van der Waals surface area contributed by atoms with Crippen LogP contribution in [0.4, 0.5) is 0 Å². The van der Waals surface area contributed by atoms with Crippen LogP contribution in [0.1, 0.15) is 11.4 Å². The first-order valence-corrected chi connectivity index (χ1v) is 4.90. The third-order valence-corrected chi connectivity index (χ3v) is 2.23. The number of aliphatic carboxylic acids is 1. The van der Waals surface area contributed by atoms with Crippen molar-refractivity contribution in [2.45, 2.75) is 13.5 Å². The van der Waals surface area contributed by atoms with Crippen LogP contribution in [-0.4, -0.2) is 27.7 Å². The summed E-state index contributed by atoms with van der Waals surface area (Å²) in [6.45, 7) is 1.85. The zero-order valence-electron chi connectivity index (χ0n) is 8.86. The van der Waals surface area contributed by atoms with Crippen molar-refractivity contribution in [2.24, 2.45) is 0 Å². The summed E-state index contributed by atoms with van der Waals surface area (Å²) in [7, 11) is 0. The number of aryl methyl sites for hydroxylation is 1. The lowest BCUT2D eigenvalue weighted by Crippen LogP contribution is -2.07. The van der Waals surface area contributed by atoms with Crippen LogP contribution in [0.15, 0.2) is 18.2 Å². The standard InChI is InChI=1S/C11H12N2O3/c1-7-3-2-4-8-11(7)13-9(12-8)5-16-6-10(14)15/h2-4H,5-6H2,1H3,(H,12,13)(H,14,15). The molecule has 0 radical (unpaired) electrons. The number of hydrogen-bond donors (Lipinski definition) is 2. The van der Waals surface area contributed by atoms with E-state index in [1.54, 1.807) is 0 Å². The summed E-state index contributed by atoms with van der Waals surface area (Å²) in [5.74, 6) is -0.335. The fraction of sp³-hybridized carbons (Fsp3) is 0.273. The van der Waals surface area contributed by atoms with E-state index in [2.05, 4.69) is 9.97 Å². The van der Waals surface area contributed by atoms with E-state index in [1.807, 2.05) is 25.1 Å². The number of aromatic amines is 1. The maximum Gasteiger partial charge on any atom is 0.329 e. The largest absolute Gasteiger partial charge is 0.480 e. The molecule has 5 heteroatoms. The minimum atomic E-state index is -0.979. The smallest absolute Gasteiger partial charge is 0.329 e. The van der Waals surface area contributed by atoms with Crippen LogP contribution in [0.2, 0.25) is 0 Å². The molecule has 0 bridgehead atoms. The van der Waals surface area contributed by atoms with E-state index >= 15 is 0 Å². The average molecular weight is 220 g/mol. The van der Waals surface area contributed by atoms with Crippen molar-refractivity contribution >= 4 is 17.0 Å². The molecule has 2 N–H and O–H groups in total. The van der Waals surface area contributed by atoms with Gasteiger partial charge in [0.15, 0.2) is 0 Å². The van der Waals surface area contributed by atoms with Gasteiger partial charge in [0.2, 0.25) is 0 Å². The quantitative estimate of drug-likeness (QED) is 0.818. The normalized spacial score (nSPS) is 10.8. The maximum atomic E-state index is 10.3. The van der Waals surface area contributed by atoms with Crippen LogP contribution in [0, 0.1) is 6.92 Å². The number of fused-ring (bicyclic) bond motifs is 1. The zero-order valence-corrected chi connectivity index (χ0v) is 8.86. The summed E-state index contributed by atoms with van der Waals surface area (Å²) in [6.07, 6.45) is 0. The number of imidazole rings is 1. The summed E-state index contributed by atoms with van der Waals surface area (Å²) in [6, 6.07) is 5.85. The molecule has 1 heterocycles. The van der Waals surface area contributed by atoms with Gasteiger partial charge in [-0.3, -0.25) is 0 Å². The topological polar surface area (TPSA) is 75.2 Å². The van der Waals surface area contributed by atoms with E-state index in [4.69, 9.17) is 9.84 Å². The molecule has 5 nitrogen and oxygen atoms in total. The Balaban J connectivity index is 2.14. The number of carbonyl (C=O) groups is 1. The van der Waals surface area contributed by atoms with Gasteiger partial charge in [-0.1, -0.05) is 12.1 Å². The summed E-state index contributed by atoms with van der Waals surface area (Å²) in [5, 5.41) is 8.42. The number of nitrogens with one attached hydrogen (secondary N) is 1. The van der Waals surface area contributed by atoms with Crippen molar-refractivity contribution in [3.05, 3.63) is 29.6 Å². The number of H-pyrrole nitrogens is 1. The first-order chi connectivity index (χ1) is 7.66. The molecule has 0 unspecified atom stereocenters. The lowest BCUT2D eigenvalue weighted by molar-refractivity contribution is -0.142. The minimum Gasteiger partial charge on any atom is -0.480 e. The molecule has 84 valence electrons. The monoisotopic (exact) mass is 220 g/mol. The number of nitrogens with zero attached hydrogens (tertiary/aromatic N) is 1. The van der Waals surface area contributed by atoms with E-state index in [0.717, 1.165) is 16.6 Å². The molecule has 2 aromatic rings. The second kappa shape index (κ2) is 4.32. The maximum absolute atomic E-state index is 10.3. The molecule has 0 saturated carbocycles. The Morgan fingerprint density at radius 2 is 2.38 bits per heavy atom. The van der Waals surface area contributed by atoms with Crippen LogP contribution in [0.3, 0.4) is 0 Å². The number of benzene rings is 1.